The zero-order valence-electron chi connectivity index (χ0n) is 18.2. The van der Waals surface area contributed by atoms with E-state index in [1.807, 2.05) is 28.9 Å². The summed E-state index contributed by atoms with van der Waals surface area (Å²) in [6.45, 7) is 1.53. The lowest BCUT2D eigenvalue weighted by Crippen LogP contribution is -2.32. The summed E-state index contributed by atoms with van der Waals surface area (Å²) >= 11 is 0. The summed E-state index contributed by atoms with van der Waals surface area (Å²) in [7, 11) is 1.59. The number of carbonyl (C=O) groups is 2. The van der Waals surface area contributed by atoms with Crippen LogP contribution in [-0.2, 0) is 24.3 Å². The van der Waals surface area contributed by atoms with E-state index in [9.17, 15) is 9.59 Å². The number of benzene rings is 2. The third-order valence-electron chi connectivity index (χ3n) is 5.80. The molecule has 1 aliphatic rings. The van der Waals surface area contributed by atoms with Gasteiger partial charge in [0.15, 0.2) is 5.58 Å². The summed E-state index contributed by atoms with van der Waals surface area (Å²) in [6.07, 6.45) is 2.45. The fourth-order valence-electron chi connectivity index (χ4n) is 4.04. The molecule has 2 aromatic carbocycles. The zero-order chi connectivity index (χ0) is 22.8. The number of aromatic nitrogens is 3. The van der Waals surface area contributed by atoms with Crippen molar-refractivity contribution in [2.24, 2.45) is 0 Å². The topological polar surface area (TPSA) is 102 Å². The molecule has 168 valence electrons. The Morgan fingerprint density at radius 3 is 2.76 bits per heavy atom. The number of ether oxygens (including phenoxy) is 1. The van der Waals surface area contributed by atoms with Gasteiger partial charge in [0, 0.05) is 24.2 Å². The minimum absolute atomic E-state index is 0.0646. The molecule has 0 atom stereocenters. The number of hydrogen-bond acceptors (Lipinski definition) is 6. The Bertz CT molecular complexity index is 1310. The number of nitrogens with one attached hydrogen (secondary N) is 1. The number of amides is 2. The molecule has 0 bridgehead atoms. The number of nitrogens with zero attached hydrogens (tertiary/aromatic N) is 4. The molecule has 1 N–H and O–H groups in total. The van der Waals surface area contributed by atoms with Crippen molar-refractivity contribution in [2.45, 2.75) is 25.9 Å². The number of carbonyl (C=O) groups excluding carboxylic acids is 2. The van der Waals surface area contributed by atoms with Gasteiger partial charge in [0.25, 0.3) is 5.91 Å². The molecule has 0 aliphatic carbocycles. The number of aryl methyl sites for hydroxylation is 1. The molecule has 0 saturated heterocycles. The number of rotatable bonds is 5. The molecule has 9 heteroatoms. The summed E-state index contributed by atoms with van der Waals surface area (Å²) in [6, 6.07) is 14.6. The van der Waals surface area contributed by atoms with Crippen molar-refractivity contribution in [3.8, 4) is 5.75 Å². The minimum Gasteiger partial charge on any atom is -0.497 e. The highest BCUT2D eigenvalue weighted by Crippen LogP contribution is 2.22. The van der Waals surface area contributed by atoms with Crippen LogP contribution in [-0.4, -0.2) is 45.3 Å². The standard InChI is InChI=1S/C24H23N5O4/c1-32-17-9-7-16(8-10-17)26-24(31)19-14-25-29-12-4-11-28(15-21(19)29)23(30)13-20-18-5-2-3-6-22(18)33-27-20/h2-3,5-10,14H,4,11-13,15H2,1H3,(H,26,31). The first-order valence-electron chi connectivity index (χ1n) is 10.7. The molecule has 0 radical (unpaired) electrons. The zero-order valence-corrected chi connectivity index (χ0v) is 18.2. The molecule has 3 heterocycles. The first kappa shape index (κ1) is 20.7. The fourth-order valence-corrected chi connectivity index (χ4v) is 4.04. The first-order chi connectivity index (χ1) is 16.1. The van der Waals surface area contributed by atoms with Crippen LogP contribution >= 0.6 is 0 Å². The molecule has 0 unspecified atom stereocenters. The van der Waals surface area contributed by atoms with Gasteiger partial charge in [0.1, 0.15) is 11.4 Å². The van der Waals surface area contributed by atoms with Crippen molar-refractivity contribution in [2.75, 3.05) is 19.0 Å². The SMILES string of the molecule is COc1ccc(NC(=O)c2cnn3c2CN(C(=O)Cc2noc4ccccc24)CCC3)cc1. The van der Waals surface area contributed by atoms with Gasteiger partial charge < -0.3 is 19.5 Å². The van der Waals surface area contributed by atoms with Crippen molar-refractivity contribution < 1.29 is 18.8 Å². The molecular formula is C24H23N5O4. The van der Waals surface area contributed by atoms with Gasteiger partial charge >= 0.3 is 0 Å². The molecule has 1 aliphatic heterocycles. The molecule has 2 aromatic heterocycles. The van der Waals surface area contributed by atoms with Crippen LogP contribution in [0, 0.1) is 0 Å². The van der Waals surface area contributed by atoms with Crippen molar-refractivity contribution in [3.63, 3.8) is 0 Å². The van der Waals surface area contributed by atoms with E-state index in [-0.39, 0.29) is 18.2 Å². The molecule has 0 spiro atoms. The lowest BCUT2D eigenvalue weighted by molar-refractivity contribution is -0.131. The second kappa shape index (κ2) is 8.78. The van der Waals surface area contributed by atoms with E-state index >= 15 is 0 Å². The van der Waals surface area contributed by atoms with Gasteiger partial charge in [-0.15, -0.1) is 0 Å². The van der Waals surface area contributed by atoms with Gasteiger partial charge in [-0.25, -0.2) is 0 Å². The average molecular weight is 445 g/mol. The molecule has 2 amide bonds. The van der Waals surface area contributed by atoms with Gasteiger partial charge in [-0.3, -0.25) is 14.3 Å². The monoisotopic (exact) mass is 445 g/mol. The lowest BCUT2D eigenvalue weighted by Gasteiger charge is -2.20. The van der Waals surface area contributed by atoms with Crippen LogP contribution in [0.1, 0.15) is 28.2 Å². The van der Waals surface area contributed by atoms with Crippen LogP contribution in [0.15, 0.2) is 59.3 Å². The van der Waals surface area contributed by atoms with Crippen molar-refractivity contribution in [1.82, 2.24) is 19.8 Å². The average Bonchev–Trinajstić information content (AvgIpc) is 3.36. The molecule has 4 aromatic rings. The lowest BCUT2D eigenvalue weighted by atomic mass is 10.1. The van der Waals surface area contributed by atoms with Crippen LogP contribution in [0.25, 0.3) is 11.0 Å². The normalized spacial score (nSPS) is 13.4. The van der Waals surface area contributed by atoms with Gasteiger partial charge in [-0.1, -0.05) is 17.3 Å². The Balaban J connectivity index is 1.33. The van der Waals surface area contributed by atoms with Crippen LogP contribution in [0.2, 0.25) is 0 Å². The summed E-state index contributed by atoms with van der Waals surface area (Å²) in [4.78, 5) is 27.9. The summed E-state index contributed by atoms with van der Waals surface area (Å²) in [5.74, 6) is 0.380. The van der Waals surface area contributed by atoms with Gasteiger partial charge in [-0.2, -0.15) is 5.10 Å². The van der Waals surface area contributed by atoms with Gasteiger partial charge in [-0.05, 0) is 42.8 Å². The molecule has 0 saturated carbocycles. The van der Waals surface area contributed by atoms with E-state index in [2.05, 4.69) is 15.6 Å². The maximum absolute atomic E-state index is 13.1. The van der Waals surface area contributed by atoms with E-state index < -0.39 is 0 Å². The molecule has 0 fully saturated rings. The number of para-hydroxylation sites is 1. The predicted octanol–water partition coefficient (Wildman–Crippen LogP) is 3.26. The highest BCUT2D eigenvalue weighted by Gasteiger charge is 2.26. The number of hydrogen-bond donors (Lipinski definition) is 1. The Morgan fingerprint density at radius 1 is 1.12 bits per heavy atom. The maximum Gasteiger partial charge on any atom is 0.259 e. The van der Waals surface area contributed by atoms with E-state index in [1.165, 1.54) is 0 Å². The van der Waals surface area contributed by atoms with Gasteiger partial charge in [0.2, 0.25) is 5.91 Å². The van der Waals surface area contributed by atoms with Crippen LogP contribution in [0.5, 0.6) is 5.75 Å². The van der Waals surface area contributed by atoms with Crippen LogP contribution in [0.3, 0.4) is 0 Å². The predicted molar refractivity (Wildman–Crippen MR) is 121 cm³/mol. The summed E-state index contributed by atoms with van der Waals surface area (Å²) in [5.41, 5.74) is 3.10. The third-order valence-corrected chi connectivity index (χ3v) is 5.80. The molecule has 33 heavy (non-hydrogen) atoms. The second-order valence-corrected chi connectivity index (χ2v) is 7.88. The van der Waals surface area contributed by atoms with Crippen molar-refractivity contribution in [1.29, 1.82) is 0 Å². The Morgan fingerprint density at radius 2 is 1.94 bits per heavy atom. The van der Waals surface area contributed by atoms with E-state index in [0.29, 0.717) is 47.9 Å². The van der Waals surface area contributed by atoms with Crippen LogP contribution < -0.4 is 10.1 Å². The minimum atomic E-state index is -0.266. The largest absolute Gasteiger partial charge is 0.497 e. The van der Waals surface area contributed by atoms with E-state index in [0.717, 1.165) is 17.5 Å². The third kappa shape index (κ3) is 4.17. The fraction of sp³-hybridized carbons (Fsp3) is 0.250. The number of anilines is 1. The number of fused-ring (bicyclic) bond motifs is 2. The molecule has 9 nitrogen and oxygen atoms in total. The highest BCUT2D eigenvalue weighted by molar-refractivity contribution is 6.05. The summed E-state index contributed by atoms with van der Waals surface area (Å²) < 4.78 is 12.3. The first-order valence-corrected chi connectivity index (χ1v) is 10.7. The van der Waals surface area contributed by atoms with E-state index in [4.69, 9.17) is 9.26 Å². The maximum atomic E-state index is 13.1. The Kier molecular flexibility index (Phi) is 5.52. The highest BCUT2D eigenvalue weighted by atomic mass is 16.5. The number of methoxy groups -OCH3 is 1. The molecule has 5 rings (SSSR count). The Labute approximate surface area is 189 Å². The Hall–Kier alpha value is -4.14. The second-order valence-electron chi connectivity index (χ2n) is 7.88. The quantitative estimate of drug-likeness (QED) is 0.506. The van der Waals surface area contributed by atoms with Crippen molar-refractivity contribution >= 4 is 28.5 Å². The van der Waals surface area contributed by atoms with E-state index in [1.54, 1.807) is 42.5 Å². The van der Waals surface area contributed by atoms with Crippen molar-refractivity contribution in [3.05, 3.63) is 71.7 Å². The summed E-state index contributed by atoms with van der Waals surface area (Å²) in [5, 5.41) is 12.2. The van der Waals surface area contributed by atoms with Crippen LogP contribution in [0.4, 0.5) is 5.69 Å². The van der Waals surface area contributed by atoms with Gasteiger partial charge in [0.05, 0.1) is 37.5 Å². The smallest absolute Gasteiger partial charge is 0.259 e. The molecular weight excluding hydrogens is 422 g/mol.